The van der Waals surface area contributed by atoms with Crippen LogP contribution in [0.3, 0.4) is 0 Å². The molecule has 0 saturated carbocycles. The number of nitrogens with one attached hydrogen (secondary N) is 1. The van der Waals surface area contributed by atoms with Gasteiger partial charge in [-0.25, -0.2) is 9.78 Å². The number of hydrogen-bond donors (Lipinski definition) is 2. The number of hydrogen-bond acceptors (Lipinski definition) is 9. The van der Waals surface area contributed by atoms with Gasteiger partial charge < -0.3 is 24.5 Å². The molecule has 42 heavy (non-hydrogen) atoms. The fourth-order valence-electron chi connectivity index (χ4n) is 6.18. The molecular weight excluding hydrogens is 544 g/mol. The van der Waals surface area contributed by atoms with E-state index < -0.39 is 23.4 Å². The maximum Gasteiger partial charge on any atom is 0.343 e. The number of aliphatic hydroxyl groups is 1. The summed E-state index contributed by atoms with van der Waals surface area (Å²) in [6.07, 6.45) is 3.05. The molecule has 214 valence electrons. The third-order valence-electron chi connectivity index (χ3n) is 8.54. The molecule has 3 amide bonds. The van der Waals surface area contributed by atoms with Crippen molar-refractivity contribution >= 4 is 34.6 Å². The Morgan fingerprint density at radius 1 is 1.10 bits per heavy atom. The summed E-state index contributed by atoms with van der Waals surface area (Å²) in [5, 5.41) is 14.9. The van der Waals surface area contributed by atoms with Gasteiger partial charge in [-0.15, -0.1) is 0 Å². The van der Waals surface area contributed by atoms with E-state index in [1.165, 1.54) is 12.2 Å². The van der Waals surface area contributed by atoms with E-state index >= 15 is 0 Å². The first-order chi connectivity index (χ1) is 20.2. The second-order valence-electron chi connectivity index (χ2n) is 10.8. The van der Waals surface area contributed by atoms with Crippen molar-refractivity contribution in [3.8, 4) is 17.1 Å². The number of benzene rings is 1. The maximum absolute atomic E-state index is 13.7. The summed E-state index contributed by atoms with van der Waals surface area (Å²) in [6.45, 7) is 2.23. The van der Waals surface area contributed by atoms with Gasteiger partial charge in [0.15, 0.2) is 5.60 Å². The summed E-state index contributed by atoms with van der Waals surface area (Å²) in [7, 11) is 0. The highest BCUT2D eigenvalue weighted by Gasteiger charge is 2.45. The first kappa shape index (κ1) is 26.1. The molecule has 4 aliphatic rings. The fourth-order valence-corrected chi connectivity index (χ4v) is 6.18. The lowest BCUT2D eigenvalue weighted by atomic mass is 9.86. The normalized spacial score (nSPS) is 19.9. The van der Waals surface area contributed by atoms with E-state index in [1.807, 2.05) is 12.1 Å². The van der Waals surface area contributed by atoms with Crippen LogP contribution in [-0.2, 0) is 55.6 Å². The van der Waals surface area contributed by atoms with Crippen LogP contribution in [0.2, 0.25) is 0 Å². The number of ether oxygens (including phenoxy) is 2. The number of carbonyl (C=O) groups is 4. The number of nitrogens with zero attached hydrogens (tertiary/aromatic N) is 3. The van der Waals surface area contributed by atoms with Crippen LogP contribution >= 0.6 is 0 Å². The predicted octanol–water partition coefficient (Wildman–Crippen LogP) is 0.946. The lowest BCUT2D eigenvalue weighted by Gasteiger charge is -2.31. The van der Waals surface area contributed by atoms with Gasteiger partial charge in [0.05, 0.1) is 35.6 Å². The molecule has 0 bridgehead atoms. The van der Waals surface area contributed by atoms with Crippen molar-refractivity contribution in [3.63, 3.8) is 0 Å². The predicted molar refractivity (Wildman–Crippen MR) is 146 cm³/mol. The van der Waals surface area contributed by atoms with Crippen molar-refractivity contribution in [1.82, 2.24) is 19.8 Å². The molecule has 0 fully saturated rings. The number of pyridine rings is 2. The lowest BCUT2D eigenvalue weighted by molar-refractivity contribution is -0.172. The van der Waals surface area contributed by atoms with Gasteiger partial charge in [-0.05, 0) is 29.7 Å². The third-order valence-corrected chi connectivity index (χ3v) is 8.54. The summed E-state index contributed by atoms with van der Waals surface area (Å²) in [5.41, 5.74) is 2.24. The zero-order valence-corrected chi connectivity index (χ0v) is 22.7. The van der Waals surface area contributed by atoms with Gasteiger partial charge in [0.1, 0.15) is 12.4 Å². The first-order valence-electron chi connectivity index (χ1n) is 13.8. The Balaban J connectivity index is 1.29. The Bertz CT molecular complexity index is 1840. The lowest BCUT2D eigenvalue weighted by Crippen LogP contribution is -2.44. The number of fused-ring (bicyclic) bond motifs is 6. The Labute approximate surface area is 238 Å². The third kappa shape index (κ3) is 3.78. The molecule has 0 unspecified atom stereocenters. The van der Waals surface area contributed by atoms with Gasteiger partial charge in [0.25, 0.3) is 17.4 Å². The molecule has 3 aromatic rings. The van der Waals surface area contributed by atoms with E-state index in [4.69, 9.17) is 14.5 Å². The minimum absolute atomic E-state index is 0.0329. The largest absolute Gasteiger partial charge is 0.493 e. The molecule has 4 aliphatic heterocycles. The molecular formula is C30H26N4O8. The standard InChI is InChI=1S/C30H26N4O8/c1-2-30(40)20-10-22-27-18(13-34(22)28(38)19(20)14-42-29(30)39)17(16-9-15-6-8-41-23(15)11-21(16)32-27)12-31-24(35)5-7-33-25(36)3-4-26(33)37/h3-4,9-11,40H,2,5-8,12-14H2,1H3,(H,31,35)/t30-/m0/s1. The SMILES string of the molecule is CC[C@@]1(O)C(=O)OCc2c1cc1n(c2=O)Cc2c-1nc1cc3c(cc1c2CNC(=O)CCN1C(=O)C=CC1=O)CCO3. The number of cyclic esters (lactones) is 1. The van der Waals surface area contributed by atoms with Crippen molar-refractivity contribution in [3.05, 3.63) is 68.5 Å². The number of rotatable bonds is 6. The maximum atomic E-state index is 13.7. The Hall–Kier alpha value is -4.84. The van der Waals surface area contributed by atoms with Crippen molar-refractivity contribution in [2.75, 3.05) is 13.2 Å². The second-order valence-corrected chi connectivity index (χ2v) is 10.8. The highest BCUT2D eigenvalue weighted by atomic mass is 16.6. The fraction of sp³-hybridized carbons (Fsp3) is 0.333. The smallest absolute Gasteiger partial charge is 0.343 e. The molecule has 0 spiro atoms. The highest BCUT2D eigenvalue weighted by molar-refractivity contribution is 6.13. The molecule has 0 saturated heterocycles. The number of esters is 1. The average Bonchev–Trinajstić information content (AvgIpc) is 3.68. The van der Waals surface area contributed by atoms with E-state index in [-0.39, 0.29) is 61.7 Å². The Morgan fingerprint density at radius 3 is 2.64 bits per heavy atom. The number of aromatic nitrogens is 2. The molecule has 0 aliphatic carbocycles. The highest BCUT2D eigenvalue weighted by Crippen LogP contribution is 2.41. The van der Waals surface area contributed by atoms with Gasteiger partial charge in [0.2, 0.25) is 5.91 Å². The average molecular weight is 571 g/mol. The van der Waals surface area contributed by atoms with Crippen molar-refractivity contribution in [1.29, 1.82) is 0 Å². The van der Waals surface area contributed by atoms with Crippen LogP contribution in [0.1, 0.15) is 47.6 Å². The number of imide groups is 1. The van der Waals surface area contributed by atoms with E-state index in [2.05, 4.69) is 5.32 Å². The Morgan fingerprint density at radius 2 is 1.88 bits per heavy atom. The van der Waals surface area contributed by atoms with E-state index in [0.29, 0.717) is 23.5 Å². The summed E-state index contributed by atoms with van der Waals surface area (Å²) < 4.78 is 12.5. The molecule has 6 heterocycles. The number of carbonyl (C=O) groups excluding carboxylic acids is 4. The van der Waals surface area contributed by atoms with Gasteiger partial charge >= 0.3 is 5.97 Å². The topological polar surface area (TPSA) is 157 Å². The van der Waals surface area contributed by atoms with Crippen LogP contribution in [0.25, 0.3) is 22.3 Å². The molecule has 7 rings (SSSR count). The quantitative estimate of drug-likeness (QED) is 0.254. The molecule has 12 heteroatoms. The zero-order valence-electron chi connectivity index (χ0n) is 22.7. The van der Waals surface area contributed by atoms with Crippen LogP contribution in [-0.4, -0.2) is 56.4 Å². The van der Waals surface area contributed by atoms with E-state index in [1.54, 1.807) is 17.6 Å². The zero-order chi connectivity index (χ0) is 29.3. The summed E-state index contributed by atoms with van der Waals surface area (Å²) >= 11 is 0. The number of amides is 3. The molecule has 0 radical (unpaired) electrons. The second kappa shape index (κ2) is 9.35. The van der Waals surface area contributed by atoms with E-state index in [0.717, 1.165) is 39.1 Å². The van der Waals surface area contributed by atoms with Gasteiger partial charge in [-0.1, -0.05) is 6.92 Å². The van der Waals surface area contributed by atoms with Crippen molar-refractivity contribution in [2.45, 2.75) is 51.5 Å². The monoisotopic (exact) mass is 570 g/mol. The summed E-state index contributed by atoms with van der Waals surface area (Å²) in [5.74, 6) is -1.32. The van der Waals surface area contributed by atoms with Crippen molar-refractivity contribution in [2.24, 2.45) is 0 Å². The molecule has 12 nitrogen and oxygen atoms in total. The van der Waals surface area contributed by atoms with Crippen LogP contribution in [0.4, 0.5) is 0 Å². The molecule has 2 N–H and O–H groups in total. The minimum atomic E-state index is -1.94. The van der Waals surface area contributed by atoms with Gasteiger partial charge in [-0.2, -0.15) is 0 Å². The van der Waals surface area contributed by atoms with Crippen LogP contribution in [0.5, 0.6) is 5.75 Å². The summed E-state index contributed by atoms with van der Waals surface area (Å²) in [6, 6.07) is 5.49. The molecule has 2 aromatic heterocycles. The molecule has 1 aromatic carbocycles. The van der Waals surface area contributed by atoms with Gasteiger partial charge in [0, 0.05) is 60.7 Å². The first-order valence-corrected chi connectivity index (χ1v) is 13.8. The Kier molecular flexibility index (Phi) is 5.80. The van der Waals surface area contributed by atoms with Gasteiger partial charge in [-0.3, -0.25) is 24.1 Å². The van der Waals surface area contributed by atoms with Crippen LogP contribution in [0, 0.1) is 0 Å². The van der Waals surface area contributed by atoms with E-state index in [9.17, 15) is 29.1 Å². The van der Waals surface area contributed by atoms with Crippen LogP contribution in [0.15, 0.2) is 35.1 Å². The summed E-state index contributed by atoms with van der Waals surface area (Å²) in [4.78, 5) is 68.7. The van der Waals surface area contributed by atoms with Crippen LogP contribution < -0.4 is 15.6 Å². The minimum Gasteiger partial charge on any atom is -0.493 e. The van der Waals surface area contributed by atoms with Crippen molar-refractivity contribution < 1.29 is 33.8 Å². The molecule has 1 atom stereocenters.